The highest BCUT2D eigenvalue weighted by Gasteiger charge is 2.29. The summed E-state index contributed by atoms with van der Waals surface area (Å²) in [6, 6.07) is 11.9. The molecule has 2 aromatic carbocycles. The van der Waals surface area contributed by atoms with E-state index in [-0.39, 0.29) is 22.9 Å². The maximum Gasteiger partial charge on any atom is 0.286 e. The van der Waals surface area contributed by atoms with Crippen LogP contribution in [0.2, 0.25) is 5.02 Å². The molecule has 8 heteroatoms. The summed E-state index contributed by atoms with van der Waals surface area (Å²) in [5, 5.41) is 3.33. The van der Waals surface area contributed by atoms with Gasteiger partial charge in [-0.2, -0.15) is 8.42 Å². The highest BCUT2D eigenvalue weighted by Crippen LogP contribution is 2.32. The topological polar surface area (TPSA) is 78.8 Å². The van der Waals surface area contributed by atoms with Crippen LogP contribution in [0.15, 0.2) is 51.8 Å². The lowest BCUT2D eigenvalue weighted by Gasteiger charge is -2.29. The van der Waals surface area contributed by atoms with Crippen LogP contribution in [-0.2, 0) is 16.6 Å². The molecule has 1 heterocycles. The van der Waals surface area contributed by atoms with Crippen molar-refractivity contribution < 1.29 is 13.2 Å². The Morgan fingerprint density at radius 3 is 2.67 bits per heavy atom. The second kappa shape index (κ2) is 7.70. The summed E-state index contributed by atoms with van der Waals surface area (Å²) in [6.45, 7) is 4.57. The zero-order valence-corrected chi connectivity index (χ0v) is 16.6. The summed E-state index contributed by atoms with van der Waals surface area (Å²) >= 11 is 6.09. The molecule has 0 saturated heterocycles. The van der Waals surface area contributed by atoms with E-state index in [1.165, 1.54) is 6.07 Å². The average Bonchev–Trinajstić information content (AvgIpc) is 2.63. The Bertz CT molecular complexity index is 1020. The molecule has 1 aliphatic rings. The van der Waals surface area contributed by atoms with E-state index in [0.717, 1.165) is 12.0 Å². The summed E-state index contributed by atoms with van der Waals surface area (Å²) in [7, 11) is -3.83. The van der Waals surface area contributed by atoms with Crippen molar-refractivity contribution in [2.75, 3.05) is 11.4 Å². The van der Waals surface area contributed by atoms with Crippen LogP contribution >= 0.6 is 11.6 Å². The maximum absolute atomic E-state index is 12.5. The molecule has 1 aliphatic heterocycles. The number of amides is 1. The van der Waals surface area contributed by atoms with Gasteiger partial charge in [0.2, 0.25) is 0 Å². The van der Waals surface area contributed by atoms with E-state index in [0.29, 0.717) is 23.1 Å². The lowest BCUT2D eigenvalue weighted by atomic mass is 10.1. The summed E-state index contributed by atoms with van der Waals surface area (Å²) < 4.78 is 28.8. The first-order chi connectivity index (χ1) is 12.8. The van der Waals surface area contributed by atoms with Crippen molar-refractivity contribution in [2.24, 2.45) is 4.40 Å². The summed E-state index contributed by atoms with van der Waals surface area (Å²) in [6.07, 6.45) is 0.840. The molecule has 0 radical (unpaired) electrons. The van der Waals surface area contributed by atoms with Gasteiger partial charge in [0.15, 0.2) is 0 Å². The molecule has 0 fully saturated rings. The number of halogens is 1. The van der Waals surface area contributed by atoms with Crippen molar-refractivity contribution in [1.29, 1.82) is 0 Å². The van der Waals surface area contributed by atoms with Gasteiger partial charge in [-0.25, -0.2) is 0 Å². The van der Waals surface area contributed by atoms with Crippen molar-refractivity contribution in [1.82, 2.24) is 5.32 Å². The van der Waals surface area contributed by atoms with Gasteiger partial charge in [-0.15, -0.1) is 4.40 Å². The Morgan fingerprint density at radius 2 is 1.96 bits per heavy atom. The van der Waals surface area contributed by atoms with Crippen LogP contribution in [0, 0.1) is 0 Å². The molecule has 142 valence electrons. The lowest BCUT2D eigenvalue weighted by molar-refractivity contribution is 0.0950. The largest absolute Gasteiger partial charge is 0.348 e. The highest BCUT2D eigenvalue weighted by atomic mass is 35.5. The number of carbonyl (C=O) groups excluding carboxylic acids is 1. The van der Waals surface area contributed by atoms with Gasteiger partial charge in [0.05, 0.1) is 5.69 Å². The minimum atomic E-state index is -3.83. The molecule has 1 amide bonds. The summed E-state index contributed by atoms with van der Waals surface area (Å²) in [4.78, 5) is 14.4. The zero-order valence-electron chi connectivity index (χ0n) is 15.1. The molecule has 0 saturated carbocycles. The molecule has 0 spiro atoms. The van der Waals surface area contributed by atoms with Crippen LogP contribution in [0.1, 0.15) is 36.2 Å². The minimum absolute atomic E-state index is 0.0481. The minimum Gasteiger partial charge on any atom is -0.348 e. The fourth-order valence-electron chi connectivity index (χ4n) is 2.96. The Morgan fingerprint density at radius 1 is 1.22 bits per heavy atom. The number of rotatable bonds is 5. The van der Waals surface area contributed by atoms with Crippen LogP contribution in [-0.4, -0.2) is 26.7 Å². The molecule has 0 aromatic heterocycles. The van der Waals surface area contributed by atoms with Gasteiger partial charge >= 0.3 is 0 Å². The van der Waals surface area contributed by atoms with Gasteiger partial charge < -0.3 is 10.2 Å². The first kappa shape index (κ1) is 19.4. The summed E-state index contributed by atoms with van der Waals surface area (Å²) in [5.74, 6) is 0.0570. The first-order valence-electron chi connectivity index (χ1n) is 8.58. The number of carbonyl (C=O) groups is 1. The fourth-order valence-corrected chi connectivity index (χ4v) is 4.42. The average molecular weight is 406 g/mol. The highest BCUT2D eigenvalue weighted by molar-refractivity contribution is 7.90. The molecule has 27 heavy (non-hydrogen) atoms. The normalized spacial score (nSPS) is 15.1. The van der Waals surface area contributed by atoms with E-state index < -0.39 is 10.0 Å². The van der Waals surface area contributed by atoms with Crippen LogP contribution in [0.25, 0.3) is 0 Å². The predicted octanol–water partition coefficient (Wildman–Crippen LogP) is 3.61. The van der Waals surface area contributed by atoms with Gasteiger partial charge in [0.1, 0.15) is 10.7 Å². The third-order valence-electron chi connectivity index (χ3n) is 4.28. The molecular formula is C19H20ClN3O3S. The Balaban J connectivity index is 1.87. The van der Waals surface area contributed by atoms with Crippen LogP contribution in [0.4, 0.5) is 5.69 Å². The molecule has 0 aliphatic carbocycles. The third-order valence-corrected chi connectivity index (χ3v) is 6.03. The van der Waals surface area contributed by atoms with E-state index in [1.54, 1.807) is 25.1 Å². The number of nitrogens with one attached hydrogen (secondary N) is 1. The van der Waals surface area contributed by atoms with E-state index >= 15 is 0 Å². The zero-order chi connectivity index (χ0) is 19.6. The second-order valence-corrected chi connectivity index (χ2v) is 8.20. The van der Waals surface area contributed by atoms with Crippen molar-refractivity contribution in [3.05, 3.63) is 58.6 Å². The first-order valence-corrected chi connectivity index (χ1v) is 10.4. The third kappa shape index (κ3) is 3.99. The monoisotopic (exact) mass is 405 g/mol. The van der Waals surface area contributed by atoms with Crippen LogP contribution in [0.3, 0.4) is 0 Å². The number of hydrogen-bond donors (Lipinski definition) is 1. The van der Waals surface area contributed by atoms with E-state index in [4.69, 9.17) is 11.6 Å². The molecule has 3 rings (SSSR count). The standard InChI is InChI=1S/C19H20ClN3O3S/c1-3-10-23-13(2)22-27(25,26)18-11-14(8-9-17(18)23)19(24)21-12-15-6-4-5-7-16(15)20/h4-9,11H,3,10,12H2,1-2H3,(H,21,24). The number of fused-ring (bicyclic) bond motifs is 1. The molecule has 0 bridgehead atoms. The summed E-state index contributed by atoms with van der Waals surface area (Å²) in [5.41, 5.74) is 1.59. The Labute approximate surface area is 163 Å². The number of benzene rings is 2. The van der Waals surface area contributed by atoms with E-state index in [9.17, 15) is 13.2 Å². The molecule has 1 N–H and O–H groups in total. The van der Waals surface area contributed by atoms with Crippen molar-refractivity contribution in [3.63, 3.8) is 0 Å². The lowest BCUT2D eigenvalue weighted by Crippen LogP contribution is -2.34. The van der Waals surface area contributed by atoms with Crippen LogP contribution < -0.4 is 10.2 Å². The second-order valence-electron chi connectivity index (χ2n) is 6.22. The number of anilines is 1. The van der Waals surface area contributed by atoms with Gasteiger partial charge in [-0.3, -0.25) is 4.79 Å². The maximum atomic E-state index is 12.5. The Kier molecular flexibility index (Phi) is 5.53. The van der Waals surface area contributed by atoms with E-state index in [2.05, 4.69) is 9.71 Å². The molecule has 0 unspecified atom stereocenters. The Hall–Kier alpha value is -2.38. The number of sulfonamides is 1. The fraction of sp³-hybridized carbons (Fsp3) is 0.263. The van der Waals surface area contributed by atoms with Gasteiger partial charge in [-0.05, 0) is 43.2 Å². The van der Waals surface area contributed by atoms with Crippen LogP contribution in [0.5, 0.6) is 0 Å². The van der Waals surface area contributed by atoms with Crippen molar-refractivity contribution >= 4 is 39.1 Å². The SMILES string of the molecule is CCCN1C(C)=NS(=O)(=O)c2cc(C(=O)NCc3ccccc3Cl)ccc21. The predicted molar refractivity (Wildman–Crippen MR) is 107 cm³/mol. The van der Waals surface area contributed by atoms with E-state index in [1.807, 2.05) is 30.0 Å². The molecule has 0 atom stereocenters. The number of nitrogens with zero attached hydrogens (tertiary/aromatic N) is 2. The van der Waals surface area contributed by atoms with Gasteiger partial charge in [-0.1, -0.05) is 36.7 Å². The smallest absolute Gasteiger partial charge is 0.286 e. The van der Waals surface area contributed by atoms with Gasteiger partial charge in [0, 0.05) is 23.7 Å². The van der Waals surface area contributed by atoms with Gasteiger partial charge in [0.25, 0.3) is 15.9 Å². The number of hydrogen-bond acceptors (Lipinski definition) is 4. The quantitative estimate of drug-likeness (QED) is 0.824. The molecular weight excluding hydrogens is 386 g/mol. The van der Waals surface area contributed by atoms with Crippen molar-refractivity contribution in [3.8, 4) is 0 Å². The molecule has 2 aromatic rings. The number of amidine groups is 1. The van der Waals surface area contributed by atoms with Crippen molar-refractivity contribution in [2.45, 2.75) is 31.7 Å². The molecule has 6 nitrogen and oxygen atoms in total.